The average molecular weight is 380 g/mol. The summed E-state index contributed by atoms with van der Waals surface area (Å²) in [7, 11) is 3.40. The fourth-order valence-corrected chi connectivity index (χ4v) is 4.37. The highest BCUT2D eigenvalue weighted by Crippen LogP contribution is 2.44. The normalized spacial score (nSPS) is 17.2. The van der Waals surface area contributed by atoms with Gasteiger partial charge in [0.15, 0.2) is 11.5 Å². The highest BCUT2D eigenvalue weighted by molar-refractivity contribution is 5.50. The predicted molar refractivity (Wildman–Crippen MR) is 116 cm³/mol. The summed E-state index contributed by atoms with van der Waals surface area (Å²) in [6.07, 6.45) is 4.09. The molecule has 0 saturated heterocycles. The van der Waals surface area contributed by atoms with Gasteiger partial charge < -0.3 is 14.4 Å². The highest BCUT2D eigenvalue weighted by Gasteiger charge is 2.32. The number of hydrogen-bond donors (Lipinski definition) is 0. The SMILES string of the molecule is C=CN1CCc2cc(OC)c(OC)cc2[C@@H]1[C@H](C)c1ccc(CC(C)C)cc1. The lowest BCUT2D eigenvalue weighted by Crippen LogP contribution is -2.34. The van der Waals surface area contributed by atoms with E-state index in [0.717, 1.165) is 30.9 Å². The van der Waals surface area contributed by atoms with E-state index in [2.05, 4.69) is 68.6 Å². The molecule has 0 radical (unpaired) electrons. The van der Waals surface area contributed by atoms with Crippen LogP contribution in [0.1, 0.15) is 55.0 Å². The van der Waals surface area contributed by atoms with E-state index in [1.165, 1.54) is 22.3 Å². The maximum atomic E-state index is 5.59. The first kappa shape index (κ1) is 20.3. The molecule has 0 N–H and O–H groups in total. The van der Waals surface area contributed by atoms with Crippen molar-refractivity contribution in [2.75, 3.05) is 20.8 Å². The van der Waals surface area contributed by atoms with Crippen LogP contribution in [0.25, 0.3) is 0 Å². The zero-order chi connectivity index (χ0) is 20.3. The van der Waals surface area contributed by atoms with Crippen molar-refractivity contribution in [2.24, 2.45) is 5.92 Å². The summed E-state index contributed by atoms with van der Waals surface area (Å²) >= 11 is 0. The van der Waals surface area contributed by atoms with Gasteiger partial charge in [0.05, 0.1) is 20.3 Å². The Morgan fingerprint density at radius 2 is 1.71 bits per heavy atom. The Morgan fingerprint density at radius 3 is 2.29 bits per heavy atom. The van der Waals surface area contributed by atoms with Crippen molar-refractivity contribution in [2.45, 2.75) is 45.6 Å². The number of nitrogens with zero attached hydrogens (tertiary/aromatic N) is 1. The first-order chi connectivity index (χ1) is 13.5. The Bertz CT molecular complexity index is 810. The number of fused-ring (bicyclic) bond motifs is 1. The molecule has 0 bridgehead atoms. The molecule has 1 aliphatic heterocycles. The zero-order valence-corrected chi connectivity index (χ0v) is 17.9. The van der Waals surface area contributed by atoms with Gasteiger partial charge in [-0.2, -0.15) is 0 Å². The minimum absolute atomic E-state index is 0.233. The zero-order valence-electron chi connectivity index (χ0n) is 17.9. The lowest BCUT2D eigenvalue weighted by atomic mass is 9.81. The van der Waals surface area contributed by atoms with Crippen LogP contribution in [-0.2, 0) is 12.8 Å². The summed E-state index contributed by atoms with van der Waals surface area (Å²) in [6, 6.07) is 13.7. The molecule has 3 heteroatoms. The quantitative estimate of drug-likeness (QED) is 0.611. The van der Waals surface area contributed by atoms with E-state index >= 15 is 0 Å². The van der Waals surface area contributed by atoms with E-state index in [1.54, 1.807) is 14.2 Å². The summed E-state index contributed by atoms with van der Waals surface area (Å²) in [5.41, 5.74) is 5.40. The van der Waals surface area contributed by atoms with Crippen LogP contribution < -0.4 is 9.47 Å². The molecule has 0 unspecified atom stereocenters. The van der Waals surface area contributed by atoms with Crippen LogP contribution in [0.2, 0.25) is 0 Å². The second kappa shape index (κ2) is 8.72. The molecule has 2 aromatic rings. The molecule has 0 aromatic heterocycles. The van der Waals surface area contributed by atoms with E-state index in [-0.39, 0.29) is 6.04 Å². The molecule has 3 rings (SSSR count). The molecule has 1 heterocycles. The number of methoxy groups -OCH3 is 2. The second-order valence-corrected chi connectivity index (χ2v) is 8.15. The van der Waals surface area contributed by atoms with E-state index in [0.29, 0.717) is 11.8 Å². The molecule has 0 spiro atoms. The highest BCUT2D eigenvalue weighted by atomic mass is 16.5. The van der Waals surface area contributed by atoms with Gasteiger partial charge in [0, 0.05) is 12.5 Å². The lowest BCUT2D eigenvalue weighted by Gasteiger charge is -2.40. The molecule has 2 atom stereocenters. The third kappa shape index (κ3) is 4.04. The van der Waals surface area contributed by atoms with Gasteiger partial charge in [0.1, 0.15) is 0 Å². The molecular weight excluding hydrogens is 346 g/mol. The first-order valence-corrected chi connectivity index (χ1v) is 10.2. The van der Waals surface area contributed by atoms with Gasteiger partial charge in [-0.15, -0.1) is 0 Å². The van der Waals surface area contributed by atoms with Crippen molar-refractivity contribution in [3.05, 3.63) is 71.4 Å². The van der Waals surface area contributed by atoms with Gasteiger partial charge in [0.25, 0.3) is 0 Å². The van der Waals surface area contributed by atoms with Gasteiger partial charge >= 0.3 is 0 Å². The van der Waals surface area contributed by atoms with Gasteiger partial charge in [-0.25, -0.2) is 0 Å². The van der Waals surface area contributed by atoms with Crippen LogP contribution in [-0.4, -0.2) is 25.7 Å². The molecule has 150 valence electrons. The van der Waals surface area contributed by atoms with Gasteiger partial charge in [-0.1, -0.05) is 51.6 Å². The Hall–Kier alpha value is -2.42. The number of hydrogen-bond acceptors (Lipinski definition) is 3. The van der Waals surface area contributed by atoms with E-state index < -0.39 is 0 Å². The van der Waals surface area contributed by atoms with Crippen LogP contribution in [0.5, 0.6) is 11.5 Å². The fourth-order valence-electron chi connectivity index (χ4n) is 4.37. The van der Waals surface area contributed by atoms with Crippen LogP contribution in [0.3, 0.4) is 0 Å². The summed E-state index contributed by atoms with van der Waals surface area (Å²) in [6.45, 7) is 11.9. The largest absolute Gasteiger partial charge is 0.493 e. The topological polar surface area (TPSA) is 21.7 Å². The van der Waals surface area contributed by atoms with Crippen molar-refractivity contribution in [3.63, 3.8) is 0 Å². The smallest absolute Gasteiger partial charge is 0.161 e. The summed E-state index contributed by atoms with van der Waals surface area (Å²) in [5.74, 6) is 2.60. The van der Waals surface area contributed by atoms with Crippen LogP contribution in [0, 0.1) is 5.92 Å². The first-order valence-electron chi connectivity index (χ1n) is 10.2. The van der Waals surface area contributed by atoms with Gasteiger partial charge in [0.2, 0.25) is 0 Å². The number of ether oxygens (including phenoxy) is 2. The van der Waals surface area contributed by atoms with Crippen LogP contribution in [0.4, 0.5) is 0 Å². The molecule has 0 saturated carbocycles. The molecule has 1 aliphatic rings. The van der Waals surface area contributed by atoms with Crippen molar-refractivity contribution in [1.82, 2.24) is 4.90 Å². The third-order valence-electron chi connectivity index (χ3n) is 5.82. The Morgan fingerprint density at radius 1 is 1.07 bits per heavy atom. The lowest BCUT2D eigenvalue weighted by molar-refractivity contribution is 0.234. The monoisotopic (exact) mass is 379 g/mol. The molecule has 0 amide bonds. The van der Waals surface area contributed by atoms with Crippen LogP contribution >= 0.6 is 0 Å². The van der Waals surface area contributed by atoms with E-state index in [1.807, 2.05) is 6.20 Å². The third-order valence-corrected chi connectivity index (χ3v) is 5.82. The van der Waals surface area contributed by atoms with Crippen molar-refractivity contribution in [3.8, 4) is 11.5 Å². The Balaban J connectivity index is 1.98. The molecule has 0 fully saturated rings. The fraction of sp³-hybridized carbons (Fsp3) is 0.440. The average Bonchev–Trinajstić information content (AvgIpc) is 2.71. The predicted octanol–water partition coefficient (Wildman–Crippen LogP) is 5.75. The second-order valence-electron chi connectivity index (χ2n) is 8.15. The van der Waals surface area contributed by atoms with Crippen molar-refractivity contribution < 1.29 is 9.47 Å². The van der Waals surface area contributed by atoms with Crippen molar-refractivity contribution >= 4 is 0 Å². The van der Waals surface area contributed by atoms with E-state index in [4.69, 9.17) is 9.47 Å². The summed E-state index contributed by atoms with van der Waals surface area (Å²) in [4.78, 5) is 2.36. The Labute approximate surface area is 170 Å². The number of benzene rings is 2. The standard InChI is InChI=1S/C25H33NO2/c1-7-26-13-12-21-15-23(27-5)24(28-6)16-22(21)25(26)18(4)20-10-8-19(9-11-20)14-17(2)3/h7-11,15-18,25H,1,12-14H2,2-6H3/t18-,25+/m1/s1. The van der Waals surface area contributed by atoms with Crippen molar-refractivity contribution in [1.29, 1.82) is 0 Å². The van der Waals surface area contributed by atoms with Gasteiger partial charge in [-0.05, 0) is 59.3 Å². The molecule has 0 aliphatic carbocycles. The molecule has 3 nitrogen and oxygen atoms in total. The van der Waals surface area contributed by atoms with Gasteiger partial charge in [-0.3, -0.25) is 0 Å². The Kier molecular flexibility index (Phi) is 6.33. The maximum absolute atomic E-state index is 5.59. The molecule has 28 heavy (non-hydrogen) atoms. The molecular formula is C25H33NO2. The minimum atomic E-state index is 0.233. The van der Waals surface area contributed by atoms with E-state index in [9.17, 15) is 0 Å². The maximum Gasteiger partial charge on any atom is 0.161 e. The minimum Gasteiger partial charge on any atom is -0.493 e. The van der Waals surface area contributed by atoms with Crippen LogP contribution in [0.15, 0.2) is 49.2 Å². The summed E-state index contributed by atoms with van der Waals surface area (Å²) in [5, 5.41) is 0. The summed E-state index contributed by atoms with van der Waals surface area (Å²) < 4.78 is 11.1. The number of rotatable bonds is 7. The molecule has 2 aromatic carbocycles.